The Morgan fingerprint density at radius 1 is 1.08 bits per heavy atom. The molecule has 4 heteroatoms. The Morgan fingerprint density at radius 2 is 1.58 bits per heavy atom. The summed E-state index contributed by atoms with van der Waals surface area (Å²) >= 11 is 0. The van der Waals surface area contributed by atoms with Crippen LogP contribution in [0.3, 0.4) is 0 Å². The lowest BCUT2D eigenvalue weighted by Crippen LogP contribution is -1.96. The van der Waals surface area contributed by atoms with E-state index in [0.717, 1.165) is 11.1 Å². The van der Waals surface area contributed by atoms with Gasteiger partial charge in [0.2, 0.25) is 0 Å². The van der Waals surface area contributed by atoms with E-state index in [4.69, 9.17) is 5.73 Å². The van der Waals surface area contributed by atoms with Crippen molar-refractivity contribution in [2.75, 3.05) is 0 Å². The molecule has 0 fully saturated rings. The van der Waals surface area contributed by atoms with Crippen molar-refractivity contribution in [2.45, 2.75) is 12.3 Å². The predicted octanol–water partition coefficient (Wildman–Crippen LogP) is 0.257. The zero-order valence-electron chi connectivity index (χ0n) is 6.56. The van der Waals surface area contributed by atoms with Gasteiger partial charge >= 0.3 is 0 Å². The van der Waals surface area contributed by atoms with E-state index >= 15 is 0 Å². The Balaban J connectivity index is 2.77. The minimum Gasteiger partial charge on any atom is -0.326 e. The molecule has 3 nitrogen and oxygen atoms in total. The Kier molecular flexibility index (Phi) is 3.25. The molecule has 66 valence electrons. The summed E-state index contributed by atoms with van der Waals surface area (Å²) in [6.07, 6.45) is 0. The number of rotatable bonds is 3. The average molecular weight is 185 g/mol. The molecule has 0 saturated carbocycles. The molecule has 1 rings (SSSR count). The molecule has 0 spiro atoms. The van der Waals surface area contributed by atoms with Gasteiger partial charge in [-0.05, 0) is 11.1 Å². The van der Waals surface area contributed by atoms with Crippen molar-refractivity contribution in [3.8, 4) is 0 Å². The Morgan fingerprint density at radius 3 is 2.00 bits per heavy atom. The standard InChI is InChI=1S/C8H11NO2S/c9-5-7-1-3-8(4-2-7)6-12(10)11/h1-4,12H,5-6,9H2. The largest absolute Gasteiger partial charge is 0.326 e. The van der Waals surface area contributed by atoms with Crippen LogP contribution in [-0.2, 0) is 23.0 Å². The van der Waals surface area contributed by atoms with Crippen LogP contribution in [-0.4, -0.2) is 8.42 Å². The van der Waals surface area contributed by atoms with Crippen LogP contribution in [0.25, 0.3) is 0 Å². The van der Waals surface area contributed by atoms with Gasteiger partial charge in [-0.15, -0.1) is 0 Å². The van der Waals surface area contributed by atoms with E-state index in [0.29, 0.717) is 6.54 Å². The quantitative estimate of drug-likeness (QED) is 0.664. The van der Waals surface area contributed by atoms with Gasteiger partial charge in [0.15, 0.2) is 0 Å². The van der Waals surface area contributed by atoms with Gasteiger partial charge in [-0.25, -0.2) is 8.42 Å². The highest BCUT2D eigenvalue weighted by atomic mass is 32.2. The van der Waals surface area contributed by atoms with E-state index in [1.807, 2.05) is 12.1 Å². The van der Waals surface area contributed by atoms with E-state index < -0.39 is 10.7 Å². The van der Waals surface area contributed by atoms with E-state index in [-0.39, 0.29) is 5.75 Å². The van der Waals surface area contributed by atoms with Crippen LogP contribution in [0.15, 0.2) is 24.3 Å². The number of hydrogen-bond acceptors (Lipinski definition) is 3. The molecule has 0 radical (unpaired) electrons. The van der Waals surface area contributed by atoms with Crippen molar-refractivity contribution in [2.24, 2.45) is 5.73 Å². The average Bonchev–Trinajstić information content (AvgIpc) is 2.05. The predicted molar refractivity (Wildman–Crippen MR) is 48.4 cm³/mol. The van der Waals surface area contributed by atoms with E-state index in [1.165, 1.54) is 0 Å². The molecule has 0 saturated heterocycles. The van der Waals surface area contributed by atoms with Crippen molar-refractivity contribution in [1.82, 2.24) is 0 Å². The number of hydrogen-bond donors (Lipinski definition) is 2. The van der Waals surface area contributed by atoms with Crippen molar-refractivity contribution in [3.63, 3.8) is 0 Å². The second kappa shape index (κ2) is 4.23. The van der Waals surface area contributed by atoms with Crippen molar-refractivity contribution in [1.29, 1.82) is 0 Å². The molecule has 12 heavy (non-hydrogen) atoms. The summed E-state index contributed by atoms with van der Waals surface area (Å²) < 4.78 is 20.7. The van der Waals surface area contributed by atoms with E-state index in [2.05, 4.69) is 0 Å². The van der Waals surface area contributed by atoms with Gasteiger partial charge < -0.3 is 5.73 Å². The Labute approximate surface area is 73.2 Å². The third-order valence-corrected chi connectivity index (χ3v) is 2.19. The molecule has 1 aromatic carbocycles. The van der Waals surface area contributed by atoms with Gasteiger partial charge in [0.25, 0.3) is 0 Å². The fourth-order valence-corrected chi connectivity index (χ4v) is 1.44. The molecule has 0 heterocycles. The van der Waals surface area contributed by atoms with Gasteiger partial charge in [0.1, 0.15) is 10.7 Å². The molecule has 1 aromatic rings. The summed E-state index contributed by atoms with van der Waals surface area (Å²) in [7, 11) is -2.32. The smallest absolute Gasteiger partial charge is 0.144 e. The highest BCUT2D eigenvalue weighted by Gasteiger charge is 1.93. The molecule has 0 amide bonds. The first-order valence-electron chi connectivity index (χ1n) is 3.62. The molecule has 0 bridgehead atoms. The number of nitrogens with two attached hydrogens (primary N) is 1. The molecule has 0 aliphatic heterocycles. The Bertz CT molecular complexity index is 308. The molecular weight excluding hydrogens is 174 g/mol. The normalized spacial score (nSPS) is 10.5. The second-order valence-corrected chi connectivity index (χ2v) is 3.49. The zero-order chi connectivity index (χ0) is 8.97. The van der Waals surface area contributed by atoms with Crippen molar-refractivity contribution < 1.29 is 8.42 Å². The van der Waals surface area contributed by atoms with Gasteiger partial charge in [-0.1, -0.05) is 24.3 Å². The second-order valence-electron chi connectivity index (χ2n) is 2.51. The SMILES string of the molecule is NCc1ccc(C[SH](=O)=O)cc1. The fourth-order valence-electron chi connectivity index (χ4n) is 0.930. The van der Waals surface area contributed by atoms with Crippen molar-refractivity contribution in [3.05, 3.63) is 35.4 Å². The molecular formula is C8H11NO2S. The lowest BCUT2D eigenvalue weighted by Gasteiger charge is -1.97. The summed E-state index contributed by atoms with van der Waals surface area (Å²) in [6.45, 7) is 0.490. The van der Waals surface area contributed by atoms with E-state index in [9.17, 15) is 8.42 Å². The highest BCUT2D eigenvalue weighted by molar-refractivity contribution is 7.71. The number of thiol groups is 1. The van der Waals surface area contributed by atoms with Crippen LogP contribution in [0.4, 0.5) is 0 Å². The lowest BCUT2D eigenvalue weighted by atomic mass is 10.1. The van der Waals surface area contributed by atoms with Crippen LogP contribution in [0.5, 0.6) is 0 Å². The molecule has 0 atom stereocenters. The monoisotopic (exact) mass is 185 g/mol. The molecule has 0 unspecified atom stereocenters. The van der Waals surface area contributed by atoms with Gasteiger partial charge in [0, 0.05) is 6.54 Å². The van der Waals surface area contributed by atoms with Crippen LogP contribution in [0, 0.1) is 0 Å². The van der Waals surface area contributed by atoms with Crippen LogP contribution < -0.4 is 5.73 Å². The first-order chi connectivity index (χ1) is 5.72. The summed E-state index contributed by atoms with van der Waals surface area (Å²) in [4.78, 5) is 0. The van der Waals surface area contributed by atoms with E-state index in [1.54, 1.807) is 12.1 Å². The maximum absolute atomic E-state index is 10.3. The van der Waals surface area contributed by atoms with Gasteiger partial charge in [-0.3, -0.25) is 0 Å². The van der Waals surface area contributed by atoms with Crippen LogP contribution in [0.1, 0.15) is 11.1 Å². The summed E-state index contributed by atoms with van der Waals surface area (Å²) in [5.74, 6) is 0.111. The highest BCUT2D eigenvalue weighted by Crippen LogP contribution is 2.04. The summed E-state index contributed by atoms with van der Waals surface area (Å²) in [6, 6.07) is 7.25. The zero-order valence-corrected chi connectivity index (χ0v) is 7.46. The van der Waals surface area contributed by atoms with Gasteiger partial charge in [0.05, 0.1) is 5.75 Å². The number of benzene rings is 1. The van der Waals surface area contributed by atoms with Crippen LogP contribution in [0.2, 0.25) is 0 Å². The topological polar surface area (TPSA) is 60.2 Å². The maximum Gasteiger partial charge on any atom is 0.144 e. The van der Waals surface area contributed by atoms with Crippen LogP contribution >= 0.6 is 0 Å². The summed E-state index contributed by atoms with van der Waals surface area (Å²) in [5.41, 5.74) is 7.20. The summed E-state index contributed by atoms with van der Waals surface area (Å²) in [5, 5.41) is 0. The molecule has 0 aliphatic rings. The third-order valence-electron chi connectivity index (χ3n) is 1.57. The Hall–Kier alpha value is -0.870. The molecule has 0 aromatic heterocycles. The maximum atomic E-state index is 10.3. The van der Waals surface area contributed by atoms with Gasteiger partial charge in [-0.2, -0.15) is 0 Å². The minimum absolute atomic E-state index is 0.111. The third kappa shape index (κ3) is 2.64. The fraction of sp³-hybridized carbons (Fsp3) is 0.250. The molecule has 0 aliphatic carbocycles. The first-order valence-corrected chi connectivity index (χ1v) is 4.98. The molecule has 2 N–H and O–H groups in total. The minimum atomic E-state index is -2.32. The van der Waals surface area contributed by atoms with Crippen molar-refractivity contribution >= 4 is 10.7 Å². The lowest BCUT2D eigenvalue weighted by molar-refractivity contribution is 0.614. The first kappa shape index (κ1) is 9.22.